The van der Waals surface area contributed by atoms with E-state index in [1.54, 1.807) is 30.2 Å². The van der Waals surface area contributed by atoms with Crippen molar-refractivity contribution in [1.82, 2.24) is 4.90 Å². The second kappa shape index (κ2) is 6.75. The highest BCUT2D eigenvalue weighted by Crippen LogP contribution is 2.25. The van der Waals surface area contributed by atoms with E-state index in [0.717, 1.165) is 0 Å². The summed E-state index contributed by atoms with van der Waals surface area (Å²) in [6.07, 6.45) is 0. The van der Waals surface area contributed by atoms with E-state index >= 15 is 0 Å². The minimum atomic E-state index is -0.0405. The molecule has 2 N–H and O–H groups in total. The lowest BCUT2D eigenvalue weighted by molar-refractivity contribution is 0.0634. The molecule has 4 nitrogen and oxygen atoms in total. The lowest BCUT2D eigenvalue weighted by atomic mass is 10.1. The maximum absolute atomic E-state index is 12.5. The molecule has 0 saturated carbocycles. The number of methoxy groups -OCH3 is 1. The van der Waals surface area contributed by atoms with Crippen molar-refractivity contribution in [2.75, 3.05) is 26.0 Å². The average Bonchev–Trinajstić information content (AvgIpc) is 2.32. The van der Waals surface area contributed by atoms with E-state index in [9.17, 15) is 4.79 Å². The molecule has 0 atom stereocenters. The summed E-state index contributed by atoms with van der Waals surface area (Å²) in [5.74, 6) is -0.0405. The van der Waals surface area contributed by atoms with E-state index in [1.165, 1.54) is 0 Å². The summed E-state index contributed by atoms with van der Waals surface area (Å²) in [6, 6.07) is 5.42. The standard InChI is InChI=1S/C13H19BrN2O2/c1-9(2)16(7-8-18-3)13(17)10-5-4-6-11(15)12(10)14/h4-6,9H,7-8,15H2,1-3H3. The lowest BCUT2D eigenvalue weighted by Gasteiger charge is -2.27. The fourth-order valence-corrected chi connectivity index (χ4v) is 2.09. The molecule has 0 aliphatic rings. The summed E-state index contributed by atoms with van der Waals surface area (Å²) in [5, 5.41) is 0. The zero-order valence-electron chi connectivity index (χ0n) is 10.9. The first-order chi connectivity index (χ1) is 8.49. The van der Waals surface area contributed by atoms with Crippen LogP contribution in [0, 0.1) is 0 Å². The van der Waals surface area contributed by atoms with Gasteiger partial charge in [-0.05, 0) is 41.9 Å². The third-order valence-corrected chi connectivity index (χ3v) is 3.56. The van der Waals surface area contributed by atoms with Gasteiger partial charge in [-0.3, -0.25) is 4.79 Å². The van der Waals surface area contributed by atoms with Crippen molar-refractivity contribution < 1.29 is 9.53 Å². The van der Waals surface area contributed by atoms with Crippen LogP contribution in [-0.4, -0.2) is 37.1 Å². The smallest absolute Gasteiger partial charge is 0.255 e. The molecular weight excluding hydrogens is 296 g/mol. The molecule has 0 aliphatic carbocycles. The van der Waals surface area contributed by atoms with Gasteiger partial charge in [0.15, 0.2) is 0 Å². The van der Waals surface area contributed by atoms with Crippen molar-refractivity contribution in [3.8, 4) is 0 Å². The van der Waals surface area contributed by atoms with Gasteiger partial charge >= 0.3 is 0 Å². The van der Waals surface area contributed by atoms with E-state index in [-0.39, 0.29) is 11.9 Å². The second-order valence-corrected chi connectivity index (χ2v) is 5.09. The van der Waals surface area contributed by atoms with Gasteiger partial charge in [-0.15, -0.1) is 0 Å². The molecule has 1 aromatic rings. The molecule has 1 aromatic carbocycles. The second-order valence-electron chi connectivity index (χ2n) is 4.29. The van der Waals surface area contributed by atoms with Crippen LogP contribution in [0.1, 0.15) is 24.2 Å². The summed E-state index contributed by atoms with van der Waals surface area (Å²) in [5.41, 5.74) is 6.94. The van der Waals surface area contributed by atoms with Crippen LogP contribution in [0.2, 0.25) is 0 Å². The number of nitrogens with zero attached hydrogens (tertiary/aromatic N) is 1. The number of nitrogen functional groups attached to an aromatic ring is 1. The van der Waals surface area contributed by atoms with Gasteiger partial charge in [0.25, 0.3) is 5.91 Å². The highest BCUT2D eigenvalue weighted by Gasteiger charge is 2.21. The topological polar surface area (TPSA) is 55.6 Å². The average molecular weight is 315 g/mol. The van der Waals surface area contributed by atoms with Gasteiger partial charge in [0.2, 0.25) is 0 Å². The summed E-state index contributed by atoms with van der Waals surface area (Å²) in [7, 11) is 1.62. The SMILES string of the molecule is COCCN(C(=O)c1cccc(N)c1Br)C(C)C. The Balaban J connectivity index is 2.98. The van der Waals surface area contributed by atoms with Crippen LogP contribution < -0.4 is 5.73 Å². The van der Waals surface area contributed by atoms with E-state index < -0.39 is 0 Å². The van der Waals surface area contributed by atoms with Crippen molar-refractivity contribution in [3.63, 3.8) is 0 Å². The fraction of sp³-hybridized carbons (Fsp3) is 0.462. The number of benzene rings is 1. The van der Waals surface area contributed by atoms with Crippen molar-refractivity contribution in [1.29, 1.82) is 0 Å². The molecule has 0 spiro atoms. The maximum Gasteiger partial charge on any atom is 0.255 e. The summed E-state index contributed by atoms with van der Waals surface area (Å²) in [6.45, 7) is 5.04. The third-order valence-electron chi connectivity index (χ3n) is 2.68. The minimum Gasteiger partial charge on any atom is -0.398 e. The van der Waals surface area contributed by atoms with E-state index in [1.807, 2.05) is 13.8 Å². The molecule has 100 valence electrons. The highest BCUT2D eigenvalue weighted by atomic mass is 79.9. The number of carbonyl (C=O) groups excluding carboxylic acids is 1. The number of hydrogen-bond donors (Lipinski definition) is 1. The van der Waals surface area contributed by atoms with Gasteiger partial charge in [-0.2, -0.15) is 0 Å². The Kier molecular flexibility index (Phi) is 5.62. The number of halogens is 1. The van der Waals surface area contributed by atoms with Gasteiger partial charge in [0.1, 0.15) is 0 Å². The van der Waals surface area contributed by atoms with Crippen LogP contribution in [0.3, 0.4) is 0 Å². The molecule has 5 heteroatoms. The lowest BCUT2D eigenvalue weighted by Crippen LogP contribution is -2.39. The molecule has 0 heterocycles. The first-order valence-corrected chi connectivity index (χ1v) is 6.62. The number of carbonyl (C=O) groups is 1. The normalized spacial score (nSPS) is 10.7. The van der Waals surface area contributed by atoms with Crippen molar-refractivity contribution >= 4 is 27.5 Å². The van der Waals surface area contributed by atoms with E-state index in [2.05, 4.69) is 15.9 Å². The number of ether oxygens (including phenoxy) is 1. The first kappa shape index (κ1) is 15.0. The molecule has 0 bridgehead atoms. The van der Waals surface area contributed by atoms with Gasteiger partial charge in [0, 0.05) is 25.4 Å². The molecule has 0 saturated heterocycles. The maximum atomic E-state index is 12.5. The zero-order chi connectivity index (χ0) is 13.7. The number of rotatable bonds is 5. The Bertz CT molecular complexity index is 421. The van der Waals surface area contributed by atoms with Gasteiger partial charge in [0.05, 0.1) is 16.6 Å². The third kappa shape index (κ3) is 3.46. The van der Waals surface area contributed by atoms with Crippen molar-refractivity contribution in [3.05, 3.63) is 28.2 Å². The molecule has 0 radical (unpaired) electrons. The molecule has 1 amide bonds. The van der Waals surface area contributed by atoms with Crippen LogP contribution in [0.5, 0.6) is 0 Å². The predicted molar refractivity (Wildman–Crippen MR) is 76.6 cm³/mol. The number of nitrogens with two attached hydrogens (primary N) is 1. The Labute approximate surface area is 116 Å². The number of amides is 1. The molecule has 18 heavy (non-hydrogen) atoms. The van der Waals surface area contributed by atoms with Gasteiger partial charge in [-0.25, -0.2) is 0 Å². The van der Waals surface area contributed by atoms with Crippen LogP contribution >= 0.6 is 15.9 Å². The molecular formula is C13H19BrN2O2. The quantitative estimate of drug-likeness (QED) is 0.850. The molecule has 0 aliphatic heterocycles. The molecule has 0 aromatic heterocycles. The van der Waals surface area contributed by atoms with Crippen molar-refractivity contribution in [2.45, 2.75) is 19.9 Å². The summed E-state index contributed by atoms with van der Waals surface area (Å²) < 4.78 is 5.68. The predicted octanol–water partition coefficient (Wildman–Crippen LogP) is 2.53. The van der Waals surface area contributed by atoms with Crippen LogP contribution in [-0.2, 0) is 4.74 Å². The molecule has 0 fully saturated rings. The summed E-state index contributed by atoms with van der Waals surface area (Å²) in [4.78, 5) is 14.2. The minimum absolute atomic E-state index is 0.0405. The molecule has 1 rings (SSSR count). The van der Waals surface area contributed by atoms with Crippen LogP contribution in [0.15, 0.2) is 22.7 Å². The Morgan fingerprint density at radius 1 is 1.50 bits per heavy atom. The van der Waals surface area contributed by atoms with E-state index in [4.69, 9.17) is 10.5 Å². The fourth-order valence-electron chi connectivity index (χ4n) is 1.65. The Morgan fingerprint density at radius 2 is 2.17 bits per heavy atom. The first-order valence-electron chi connectivity index (χ1n) is 5.83. The largest absolute Gasteiger partial charge is 0.398 e. The Hall–Kier alpha value is -1.07. The number of anilines is 1. The van der Waals surface area contributed by atoms with E-state index in [0.29, 0.717) is 28.9 Å². The van der Waals surface area contributed by atoms with Gasteiger partial charge in [-0.1, -0.05) is 6.07 Å². The van der Waals surface area contributed by atoms with Gasteiger partial charge < -0.3 is 15.4 Å². The Morgan fingerprint density at radius 3 is 2.72 bits per heavy atom. The monoisotopic (exact) mass is 314 g/mol. The van der Waals surface area contributed by atoms with Crippen molar-refractivity contribution in [2.24, 2.45) is 0 Å². The van der Waals surface area contributed by atoms with Crippen LogP contribution in [0.25, 0.3) is 0 Å². The number of hydrogen-bond acceptors (Lipinski definition) is 3. The highest BCUT2D eigenvalue weighted by molar-refractivity contribution is 9.10. The zero-order valence-corrected chi connectivity index (χ0v) is 12.5. The van der Waals surface area contributed by atoms with Crippen LogP contribution in [0.4, 0.5) is 5.69 Å². The summed E-state index contributed by atoms with van der Waals surface area (Å²) >= 11 is 3.36. The molecule has 0 unspecified atom stereocenters.